The van der Waals surface area contributed by atoms with E-state index >= 15 is 0 Å². The summed E-state index contributed by atoms with van der Waals surface area (Å²) in [5.41, 5.74) is 2.79. The highest BCUT2D eigenvalue weighted by molar-refractivity contribution is 5.48. The zero-order chi connectivity index (χ0) is 15.5. The highest BCUT2D eigenvalue weighted by Crippen LogP contribution is 2.17. The van der Waals surface area contributed by atoms with Crippen molar-refractivity contribution in [3.8, 4) is 0 Å². The number of anilines is 1. The molecule has 0 aliphatic carbocycles. The standard InChI is InChI=1S/C16H26N2O.C2H6/c1-3-15-5-7-16(8-6-15)18-12-10-17(11-13-18)9-4-14-19-2;1-2/h5-8H,3-4,9-14H2,1-2H3;1-2H3. The summed E-state index contributed by atoms with van der Waals surface area (Å²) in [4.78, 5) is 5.03. The molecule has 1 fully saturated rings. The lowest BCUT2D eigenvalue weighted by atomic mass is 10.1. The van der Waals surface area contributed by atoms with E-state index in [2.05, 4.69) is 41.0 Å². The summed E-state index contributed by atoms with van der Waals surface area (Å²) >= 11 is 0. The Morgan fingerprint density at radius 3 is 2.14 bits per heavy atom. The maximum atomic E-state index is 5.11. The predicted octanol–water partition coefficient (Wildman–Crippen LogP) is 3.43. The normalized spacial score (nSPS) is 15.5. The first kappa shape index (κ1) is 18.0. The second-order valence-electron chi connectivity index (χ2n) is 5.20. The molecule has 0 saturated carbocycles. The largest absolute Gasteiger partial charge is 0.385 e. The minimum Gasteiger partial charge on any atom is -0.385 e. The highest BCUT2D eigenvalue weighted by Gasteiger charge is 2.16. The second-order valence-corrected chi connectivity index (χ2v) is 5.20. The molecule has 3 heteroatoms. The molecule has 0 atom stereocenters. The number of methoxy groups -OCH3 is 1. The van der Waals surface area contributed by atoms with Crippen LogP contribution in [0.5, 0.6) is 0 Å². The van der Waals surface area contributed by atoms with Crippen LogP contribution in [0.4, 0.5) is 5.69 Å². The minimum absolute atomic E-state index is 0.874. The number of rotatable bonds is 6. The fourth-order valence-electron chi connectivity index (χ4n) is 2.60. The lowest BCUT2D eigenvalue weighted by molar-refractivity contribution is 0.169. The highest BCUT2D eigenvalue weighted by atomic mass is 16.5. The van der Waals surface area contributed by atoms with Crippen molar-refractivity contribution in [3.63, 3.8) is 0 Å². The van der Waals surface area contributed by atoms with E-state index in [1.807, 2.05) is 13.8 Å². The average Bonchev–Trinajstić information content (AvgIpc) is 2.58. The summed E-state index contributed by atoms with van der Waals surface area (Å²) in [6.07, 6.45) is 2.26. The number of benzene rings is 1. The minimum atomic E-state index is 0.874. The number of nitrogens with zero attached hydrogens (tertiary/aromatic N) is 2. The third-order valence-electron chi connectivity index (χ3n) is 3.90. The Balaban J connectivity index is 0.00000106. The van der Waals surface area contributed by atoms with Crippen LogP contribution in [0, 0.1) is 0 Å². The molecule has 0 N–H and O–H groups in total. The molecule has 0 radical (unpaired) electrons. The zero-order valence-electron chi connectivity index (χ0n) is 14.3. The quantitative estimate of drug-likeness (QED) is 0.747. The maximum Gasteiger partial charge on any atom is 0.0474 e. The molecule has 0 bridgehead atoms. The SMILES string of the molecule is CC.CCc1ccc(N2CCN(CCCOC)CC2)cc1. The third-order valence-corrected chi connectivity index (χ3v) is 3.90. The van der Waals surface area contributed by atoms with Crippen LogP contribution in [0.1, 0.15) is 32.8 Å². The summed E-state index contributed by atoms with van der Waals surface area (Å²) < 4.78 is 5.11. The van der Waals surface area contributed by atoms with E-state index in [0.717, 1.165) is 39.1 Å². The third kappa shape index (κ3) is 6.06. The van der Waals surface area contributed by atoms with Gasteiger partial charge >= 0.3 is 0 Å². The van der Waals surface area contributed by atoms with E-state index in [4.69, 9.17) is 4.74 Å². The van der Waals surface area contributed by atoms with Gasteiger partial charge in [-0.15, -0.1) is 0 Å². The number of hydrogen-bond acceptors (Lipinski definition) is 3. The fourth-order valence-corrected chi connectivity index (χ4v) is 2.60. The van der Waals surface area contributed by atoms with Crippen molar-refractivity contribution < 1.29 is 4.74 Å². The Bertz CT molecular complexity index is 356. The van der Waals surface area contributed by atoms with E-state index in [0.29, 0.717) is 0 Å². The molecule has 0 amide bonds. The van der Waals surface area contributed by atoms with E-state index in [1.165, 1.54) is 24.3 Å². The van der Waals surface area contributed by atoms with Gasteiger partial charge in [0.15, 0.2) is 0 Å². The van der Waals surface area contributed by atoms with Crippen LogP contribution >= 0.6 is 0 Å². The van der Waals surface area contributed by atoms with Gasteiger partial charge < -0.3 is 9.64 Å². The summed E-state index contributed by atoms with van der Waals surface area (Å²) in [5, 5.41) is 0. The molecule has 0 unspecified atom stereocenters. The topological polar surface area (TPSA) is 15.7 Å². The van der Waals surface area contributed by atoms with Crippen molar-refractivity contribution in [1.29, 1.82) is 0 Å². The van der Waals surface area contributed by atoms with Crippen LogP contribution in [0.15, 0.2) is 24.3 Å². The number of aryl methyl sites for hydroxylation is 1. The zero-order valence-corrected chi connectivity index (χ0v) is 14.3. The fraction of sp³-hybridized carbons (Fsp3) is 0.667. The van der Waals surface area contributed by atoms with Gasteiger partial charge in [-0.2, -0.15) is 0 Å². The van der Waals surface area contributed by atoms with Crippen molar-refractivity contribution >= 4 is 5.69 Å². The summed E-state index contributed by atoms with van der Waals surface area (Å²) in [6.45, 7) is 12.8. The van der Waals surface area contributed by atoms with Gasteiger partial charge in [-0.25, -0.2) is 0 Å². The molecule has 1 heterocycles. The Labute approximate surface area is 130 Å². The number of hydrogen-bond donors (Lipinski definition) is 0. The van der Waals surface area contributed by atoms with Crippen LogP contribution in [0.25, 0.3) is 0 Å². The molecule has 1 aromatic rings. The first-order chi connectivity index (χ1) is 10.3. The maximum absolute atomic E-state index is 5.11. The van der Waals surface area contributed by atoms with Gasteiger partial charge in [0.1, 0.15) is 0 Å². The first-order valence-corrected chi connectivity index (χ1v) is 8.38. The molecule has 120 valence electrons. The Kier molecular flexibility index (Phi) is 9.11. The van der Waals surface area contributed by atoms with Crippen molar-refractivity contribution in [2.45, 2.75) is 33.6 Å². The molecule has 1 aliphatic heterocycles. The molecule has 1 aromatic carbocycles. The summed E-state index contributed by atoms with van der Waals surface area (Å²) in [5.74, 6) is 0. The lowest BCUT2D eigenvalue weighted by Gasteiger charge is -2.36. The molecule has 3 nitrogen and oxygen atoms in total. The van der Waals surface area contributed by atoms with Crippen molar-refractivity contribution in [2.75, 3.05) is 51.3 Å². The summed E-state index contributed by atoms with van der Waals surface area (Å²) in [6, 6.07) is 9.03. The van der Waals surface area contributed by atoms with E-state index in [1.54, 1.807) is 7.11 Å². The van der Waals surface area contributed by atoms with Gasteiger partial charge in [-0.1, -0.05) is 32.9 Å². The first-order valence-electron chi connectivity index (χ1n) is 8.38. The number of ether oxygens (including phenoxy) is 1. The van der Waals surface area contributed by atoms with Gasteiger partial charge in [0.25, 0.3) is 0 Å². The predicted molar refractivity (Wildman–Crippen MR) is 92.3 cm³/mol. The van der Waals surface area contributed by atoms with Crippen molar-refractivity contribution in [1.82, 2.24) is 4.90 Å². The molecule has 2 rings (SSSR count). The van der Waals surface area contributed by atoms with Crippen LogP contribution < -0.4 is 4.90 Å². The molecule has 21 heavy (non-hydrogen) atoms. The monoisotopic (exact) mass is 292 g/mol. The van der Waals surface area contributed by atoms with Crippen LogP contribution in [0.2, 0.25) is 0 Å². The van der Waals surface area contributed by atoms with Gasteiger partial charge in [0.05, 0.1) is 0 Å². The molecule has 0 spiro atoms. The second kappa shape index (κ2) is 10.6. The molecular formula is C18H32N2O. The molecule has 1 saturated heterocycles. The van der Waals surface area contributed by atoms with Gasteiger partial charge in [0.2, 0.25) is 0 Å². The Hall–Kier alpha value is -1.06. The van der Waals surface area contributed by atoms with Crippen molar-refractivity contribution in [3.05, 3.63) is 29.8 Å². The van der Waals surface area contributed by atoms with E-state index in [-0.39, 0.29) is 0 Å². The van der Waals surface area contributed by atoms with Gasteiger partial charge in [-0.05, 0) is 30.5 Å². The van der Waals surface area contributed by atoms with Crippen LogP contribution in [-0.4, -0.2) is 51.3 Å². The molecule has 1 aliphatic rings. The number of piperazine rings is 1. The smallest absolute Gasteiger partial charge is 0.0474 e. The van der Waals surface area contributed by atoms with E-state index in [9.17, 15) is 0 Å². The Morgan fingerprint density at radius 2 is 1.62 bits per heavy atom. The van der Waals surface area contributed by atoms with Crippen LogP contribution in [0.3, 0.4) is 0 Å². The van der Waals surface area contributed by atoms with Gasteiger partial charge in [0, 0.05) is 52.1 Å². The molecular weight excluding hydrogens is 260 g/mol. The van der Waals surface area contributed by atoms with Crippen LogP contribution in [-0.2, 0) is 11.2 Å². The van der Waals surface area contributed by atoms with Gasteiger partial charge in [-0.3, -0.25) is 4.90 Å². The van der Waals surface area contributed by atoms with E-state index < -0.39 is 0 Å². The Morgan fingerprint density at radius 1 is 1.00 bits per heavy atom. The molecule has 0 aromatic heterocycles. The average molecular weight is 292 g/mol. The summed E-state index contributed by atoms with van der Waals surface area (Å²) in [7, 11) is 1.78. The lowest BCUT2D eigenvalue weighted by Crippen LogP contribution is -2.46. The van der Waals surface area contributed by atoms with Crippen molar-refractivity contribution in [2.24, 2.45) is 0 Å².